The summed E-state index contributed by atoms with van der Waals surface area (Å²) < 4.78 is 0. The number of hydrogen-bond acceptors (Lipinski definition) is 3. The van der Waals surface area contributed by atoms with Gasteiger partial charge in [-0.15, -0.1) is 0 Å². The number of nitrogens with one attached hydrogen (secondary N) is 1. The van der Waals surface area contributed by atoms with E-state index in [0.717, 1.165) is 51.6 Å². The van der Waals surface area contributed by atoms with Gasteiger partial charge >= 0.3 is 0 Å². The summed E-state index contributed by atoms with van der Waals surface area (Å²) in [6, 6.07) is 0.160. The number of nitrogens with zero attached hydrogens (tertiary/aromatic N) is 1. The molecule has 0 aromatic heterocycles. The Hall–Kier alpha value is -1.10. The van der Waals surface area contributed by atoms with Crippen molar-refractivity contribution in [1.29, 1.82) is 0 Å². The predicted octanol–water partition coefficient (Wildman–Crippen LogP) is 1.27. The van der Waals surface area contributed by atoms with Gasteiger partial charge in [-0.05, 0) is 38.8 Å². The molecule has 1 saturated heterocycles. The zero-order valence-electron chi connectivity index (χ0n) is 12.9. The van der Waals surface area contributed by atoms with Gasteiger partial charge < -0.3 is 16.0 Å². The quantitative estimate of drug-likeness (QED) is 0.704. The highest BCUT2D eigenvalue weighted by Crippen LogP contribution is 2.21. The number of hydrogen-bond donors (Lipinski definition) is 2. The van der Waals surface area contributed by atoms with Gasteiger partial charge in [-0.2, -0.15) is 0 Å². The third-order valence-corrected chi connectivity index (χ3v) is 3.98. The molecule has 116 valence electrons. The lowest BCUT2D eigenvalue weighted by Gasteiger charge is -2.36. The van der Waals surface area contributed by atoms with Crippen LogP contribution in [0.5, 0.6) is 0 Å². The molecule has 0 unspecified atom stereocenters. The molecule has 0 aromatic rings. The van der Waals surface area contributed by atoms with E-state index in [9.17, 15) is 9.59 Å². The number of primary amides is 1. The van der Waals surface area contributed by atoms with Crippen LogP contribution >= 0.6 is 0 Å². The normalized spacial score (nSPS) is 16.4. The summed E-state index contributed by atoms with van der Waals surface area (Å²) in [4.78, 5) is 25.8. The SMILES string of the molecule is CCCC(CCC)C(=O)N(CC(N)=O)C1CCNCC1. The summed E-state index contributed by atoms with van der Waals surface area (Å²) >= 11 is 0. The van der Waals surface area contributed by atoms with E-state index in [1.54, 1.807) is 4.90 Å². The lowest BCUT2D eigenvalue weighted by molar-refractivity contribution is -0.142. The zero-order chi connectivity index (χ0) is 15.0. The molecular weight excluding hydrogens is 254 g/mol. The van der Waals surface area contributed by atoms with Gasteiger partial charge in [0, 0.05) is 12.0 Å². The first-order valence-electron chi connectivity index (χ1n) is 7.89. The first-order chi connectivity index (χ1) is 9.60. The first kappa shape index (κ1) is 17.0. The van der Waals surface area contributed by atoms with E-state index < -0.39 is 5.91 Å². The number of carbonyl (C=O) groups is 2. The van der Waals surface area contributed by atoms with Gasteiger partial charge in [0.15, 0.2) is 0 Å². The minimum absolute atomic E-state index is 0.0410. The Morgan fingerprint density at radius 1 is 1.20 bits per heavy atom. The van der Waals surface area contributed by atoms with Crippen molar-refractivity contribution in [3.63, 3.8) is 0 Å². The minimum Gasteiger partial charge on any atom is -0.368 e. The fourth-order valence-electron chi connectivity index (χ4n) is 3.00. The largest absolute Gasteiger partial charge is 0.368 e. The molecule has 2 amide bonds. The molecule has 20 heavy (non-hydrogen) atoms. The molecule has 0 saturated carbocycles. The molecule has 0 radical (unpaired) electrons. The Morgan fingerprint density at radius 2 is 1.75 bits per heavy atom. The topological polar surface area (TPSA) is 75.4 Å². The maximum Gasteiger partial charge on any atom is 0.237 e. The molecule has 0 spiro atoms. The van der Waals surface area contributed by atoms with Gasteiger partial charge in [0.05, 0.1) is 6.54 Å². The summed E-state index contributed by atoms with van der Waals surface area (Å²) in [6.45, 7) is 6.06. The van der Waals surface area contributed by atoms with Gasteiger partial charge in [-0.1, -0.05) is 26.7 Å². The summed E-state index contributed by atoms with van der Waals surface area (Å²) in [5, 5.41) is 3.29. The van der Waals surface area contributed by atoms with Crippen molar-refractivity contribution in [3.8, 4) is 0 Å². The molecule has 5 heteroatoms. The average molecular weight is 283 g/mol. The van der Waals surface area contributed by atoms with Crippen molar-refractivity contribution < 1.29 is 9.59 Å². The van der Waals surface area contributed by atoms with E-state index in [2.05, 4.69) is 19.2 Å². The van der Waals surface area contributed by atoms with Crippen LogP contribution in [-0.2, 0) is 9.59 Å². The molecule has 0 bridgehead atoms. The highest BCUT2D eigenvalue weighted by Gasteiger charge is 2.30. The average Bonchev–Trinajstić information content (AvgIpc) is 2.44. The van der Waals surface area contributed by atoms with Crippen molar-refractivity contribution in [3.05, 3.63) is 0 Å². The van der Waals surface area contributed by atoms with Crippen LogP contribution in [0.2, 0.25) is 0 Å². The van der Waals surface area contributed by atoms with E-state index in [0.29, 0.717) is 0 Å². The van der Waals surface area contributed by atoms with Gasteiger partial charge in [-0.25, -0.2) is 0 Å². The van der Waals surface area contributed by atoms with E-state index in [4.69, 9.17) is 5.73 Å². The molecule has 1 heterocycles. The van der Waals surface area contributed by atoms with Crippen molar-refractivity contribution in [2.45, 2.75) is 58.4 Å². The zero-order valence-corrected chi connectivity index (χ0v) is 12.9. The van der Waals surface area contributed by atoms with Crippen molar-refractivity contribution in [1.82, 2.24) is 10.2 Å². The summed E-state index contributed by atoms with van der Waals surface area (Å²) in [6.07, 6.45) is 5.59. The second-order valence-electron chi connectivity index (χ2n) is 5.69. The number of rotatable bonds is 8. The summed E-state index contributed by atoms with van der Waals surface area (Å²) in [7, 11) is 0. The van der Waals surface area contributed by atoms with Gasteiger partial charge in [0.1, 0.15) is 0 Å². The molecule has 3 N–H and O–H groups in total. The molecule has 0 aromatic carbocycles. The van der Waals surface area contributed by atoms with Crippen LogP contribution in [0.3, 0.4) is 0 Å². The maximum absolute atomic E-state index is 12.8. The Morgan fingerprint density at radius 3 is 2.20 bits per heavy atom. The molecule has 1 aliphatic rings. The van der Waals surface area contributed by atoms with Crippen LogP contribution in [0.4, 0.5) is 0 Å². The number of amides is 2. The predicted molar refractivity (Wildman–Crippen MR) is 80.1 cm³/mol. The van der Waals surface area contributed by atoms with Crippen LogP contribution in [0.15, 0.2) is 0 Å². The van der Waals surface area contributed by atoms with Gasteiger partial charge in [0.2, 0.25) is 11.8 Å². The van der Waals surface area contributed by atoms with E-state index >= 15 is 0 Å². The molecule has 0 atom stereocenters. The minimum atomic E-state index is -0.413. The maximum atomic E-state index is 12.8. The summed E-state index contributed by atoms with van der Waals surface area (Å²) in [5.41, 5.74) is 5.34. The Balaban J connectivity index is 2.77. The lowest BCUT2D eigenvalue weighted by atomic mass is 9.94. The van der Waals surface area contributed by atoms with E-state index in [1.165, 1.54) is 0 Å². The third kappa shape index (κ3) is 5.12. The molecule has 5 nitrogen and oxygen atoms in total. The highest BCUT2D eigenvalue weighted by molar-refractivity contribution is 5.85. The third-order valence-electron chi connectivity index (χ3n) is 3.98. The van der Waals surface area contributed by atoms with Crippen molar-refractivity contribution >= 4 is 11.8 Å². The molecule has 1 aliphatic heterocycles. The van der Waals surface area contributed by atoms with Crippen LogP contribution in [0.1, 0.15) is 52.4 Å². The van der Waals surface area contributed by atoms with Crippen LogP contribution in [0.25, 0.3) is 0 Å². The Kier molecular flexibility index (Phi) is 7.59. The standard InChI is InChI=1S/C15H29N3O2/c1-3-5-12(6-4-2)15(20)18(11-14(16)19)13-7-9-17-10-8-13/h12-13,17H,3-11H2,1-2H3,(H2,16,19). The molecule has 0 aliphatic carbocycles. The van der Waals surface area contributed by atoms with Crippen molar-refractivity contribution in [2.24, 2.45) is 11.7 Å². The molecule has 1 rings (SSSR count). The van der Waals surface area contributed by atoms with E-state index in [1.807, 2.05) is 0 Å². The van der Waals surface area contributed by atoms with Crippen molar-refractivity contribution in [2.75, 3.05) is 19.6 Å². The van der Waals surface area contributed by atoms with Crippen LogP contribution in [-0.4, -0.2) is 42.4 Å². The molecular formula is C15H29N3O2. The number of piperidine rings is 1. The van der Waals surface area contributed by atoms with Crippen LogP contribution in [0, 0.1) is 5.92 Å². The number of nitrogens with two attached hydrogens (primary N) is 1. The smallest absolute Gasteiger partial charge is 0.237 e. The monoisotopic (exact) mass is 283 g/mol. The lowest BCUT2D eigenvalue weighted by Crippen LogP contribution is -2.51. The van der Waals surface area contributed by atoms with E-state index in [-0.39, 0.29) is 24.4 Å². The fraction of sp³-hybridized carbons (Fsp3) is 0.867. The first-order valence-corrected chi connectivity index (χ1v) is 7.89. The highest BCUT2D eigenvalue weighted by atomic mass is 16.2. The fourth-order valence-corrected chi connectivity index (χ4v) is 3.00. The van der Waals surface area contributed by atoms with Crippen LogP contribution < -0.4 is 11.1 Å². The summed E-state index contributed by atoms with van der Waals surface area (Å²) in [5.74, 6) is -0.248. The molecule has 1 fully saturated rings. The second kappa shape index (κ2) is 8.95. The van der Waals surface area contributed by atoms with Gasteiger partial charge in [0.25, 0.3) is 0 Å². The second-order valence-corrected chi connectivity index (χ2v) is 5.69. The Labute approximate surface area is 122 Å². The van der Waals surface area contributed by atoms with Gasteiger partial charge in [-0.3, -0.25) is 9.59 Å². The Bertz CT molecular complexity index is 308. The number of carbonyl (C=O) groups excluding carboxylic acids is 2.